The number of allylic oxidation sites excluding steroid dienone is 2. The Hall–Kier alpha value is -3.93. The van der Waals surface area contributed by atoms with Crippen LogP contribution in [0.15, 0.2) is 66.2 Å². The molecule has 0 atom stereocenters. The standard InChI is InChI=1S/C26H20F2O4/c1-15-21(20-9-7-18(31-2)12-23(20)22(15)14-26(29)30)11-16-3-5-17(6-4-16)32-19-8-10-24(27)25(28)13-19/h3-13H,14H2,1-2H3,(H,29,30)/b21-11-. The van der Waals surface area contributed by atoms with Crippen LogP contribution in [0.4, 0.5) is 8.78 Å². The molecule has 0 aromatic heterocycles. The molecule has 0 saturated carbocycles. The van der Waals surface area contributed by atoms with Crippen LogP contribution in [0, 0.1) is 11.6 Å². The fraction of sp³-hybridized carbons (Fsp3) is 0.115. The largest absolute Gasteiger partial charge is 0.497 e. The molecule has 1 N–H and O–H groups in total. The van der Waals surface area contributed by atoms with Gasteiger partial charge in [-0.2, -0.15) is 0 Å². The van der Waals surface area contributed by atoms with Crippen LogP contribution in [-0.2, 0) is 4.79 Å². The summed E-state index contributed by atoms with van der Waals surface area (Å²) in [6.45, 7) is 1.91. The molecular formula is C26H20F2O4. The van der Waals surface area contributed by atoms with Gasteiger partial charge in [0.05, 0.1) is 13.5 Å². The van der Waals surface area contributed by atoms with E-state index >= 15 is 0 Å². The van der Waals surface area contributed by atoms with Gasteiger partial charge in [-0.1, -0.05) is 18.2 Å². The molecule has 0 bridgehead atoms. The first-order valence-electron chi connectivity index (χ1n) is 9.91. The minimum absolute atomic E-state index is 0.0790. The summed E-state index contributed by atoms with van der Waals surface area (Å²) in [5.41, 5.74) is 5.28. The lowest BCUT2D eigenvalue weighted by molar-refractivity contribution is -0.135. The highest BCUT2D eigenvalue weighted by atomic mass is 19.2. The molecule has 0 saturated heterocycles. The molecule has 0 aliphatic heterocycles. The van der Waals surface area contributed by atoms with Crippen molar-refractivity contribution in [3.8, 4) is 17.2 Å². The molecular weight excluding hydrogens is 414 g/mol. The average molecular weight is 434 g/mol. The SMILES string of the molecule is COc1ccc2c(c1)C(CC(=O)O)=C(C)/C2=C/c1ccc(Oc2ccc(F)c(F)c2)cc1. The zero-order chi connectivity index (χ0) is 22.8. The molecule has 6 heteroatoms. The van der Waals surface area contributed by atoms with E-state index in [1.54, 1.807) is 19.2 Å². The lowest BCUT2D eigenvalue weighted by Gasteiger charge is -2.08. The van der Waals surface area contributed by atoms with Crippen molar-refractivity contribution in [2.45, 2.75) is 13.3 Å². The second-order valence-electron chi connectivity index (χ2n) is 7.39. The van der Waals surface area contributed by atoms with E-state index in [1.165, 1.54) is 6.07 Å². The number of halogens is 2. The van der Waals surface area contributed by atoms with Gasteiger partial charge in [-0.25, -0.2) is 8.78 Å². The lowest BCUT2D eigenvalue weighted by atomic mass is 10.0. The zero-order valence-electron chi connectivity index (χ0n) is 17.5. The number of benzene rings is 3. The summed E-state index contributed by atoms with van der Waals surface area (Å²) in [5, 5.41) is 9.36. The smallest absolute Gasteiger partial charge is 0.307 e. The number of hydrogen-bond donors (Lipinski definition) is 1. The van der Waals surface area contributed by atoms with Gasteiger partial charge in [-0.3, -0.25) is 4.79 Å². The summed E-state index contributed by atoms with van der Waals surface area (Å²) in [7, 11) is 1.57. The molecule has 0 heterocycles. The van der Waals surface area contributed by atoms with E-state index in [-0.39, 0.29) is 12.2 Å². The molecule has 162 valence electrons. The number of carbonyl (C=O) groups is 1. The summed E-state index contributed by atoms with van der Waals surface area (Å²) in [6.07, 6.45) is 1.90. The fourth-order valence-corrected chi connectivity index (χ4v) is 3.74. The van der Waals surface area contributed by atoms with Crippen molar-refractivity contribution in [3.63, 3.8) is 0 Å². The third-order valence-corrected chi connectivity index (χ3v) is 5.34. The van der Waals surface area contributed by atoms with Crippen LogP contribution in [0.5, 0.6) is 17.2 Å². The maximum Gasteiger partial charge on any atom is 0.307 e. The highest BCUT2D eigenvalue weighted by Crippen LogP contribution is 2.44. The van der Waals surface area contributed by atoms with Gasteiger partial charge >= 0.3 is 5.97 Å². The Labute approximate surface area is 184 Å². The van der Waals surface area contributed by atoms with E-state index in [4.69, 9.17) is 9.47 Å². The number of methoxy groups -OCH3 is 1. The molecule has 3 aromatic carbocycles. The van der Waals surface area contributed by atoms with Crippen molar-refractivity contribution in [3.05, 3.63) is 94.6 Å². The minimum atomic E-state index is -0.972. The molecule has 4 rings (SSSR count). The number of carboxylic acid groups (broad SMARTS) is 1. The van der Waals surface area contributed by atoms with Crippen molar-refractivity contribution in [2.24, 2.45) is 0 Å². The van der Waals surface area contributed by atoms with E-state index in [9.17, 15) is 18.7 Å². The van der Waals surface area contributed by atoms with Gasteiger partial charge in [0.2, 0.25) is 0 Å². The van der Waals surface area contributed by atoms with Crippen molar-refractivity contribution < 1.29 is 28.2 Å². The third-order valence-electron chi connectivity index (χ3n) is 5.34. The second-order valence-corrected chi connectivity index (χ2v) is 7.39. The topological polar surface area (TPSA) is 55.8 Å². The predicted molar refractivity (Wildman–Crippen MR) is 119 cm³/mol. The predicted octanol–water partition coefficient (Wildman–Crippen LogP) is 6.57. The van der Waals surface area contributed by atoms with Gasteiger partial charge in [0, 0.05) is 6.07 Å². The number of ether oxygens (including phenoxy) is 2. The summed E-state index contributed by atoms with van der Waals surface area (Å²) >= 11 is 0. The molecule has 0 radical (unpaired) electrons. The summed E-state index contributed by atoms with van der Waals surface area (Å²) in [4.78, 5) is 11.4. The number of aliphatic carboxylic acids is 1. The summed E-state index contributed by atoms with van der Waals surface area (Å²) in [5.74, 6) is -1.45. The van der Waals surface area contributed by atoms with Crippen LogP contribution in [0.3, 0.4) is 0 Å². The molecule has 1 aliphatic rings. The molecule has 4 nitrogen and oxygen atoms in total. The summed E-state index contributed by atoms with van der Waals surface area (Å²) < 4.78 is 37.4. The maximum absolute atomic E-state index is 13.4. The van der Waals surface area contributed by atoms with Crippen molar-refractivity contribution in [1.29, 1.82) is 0 Å². The highest BCUT2D eigenvalue weighted by molar-refractivity contribution is 6.07. The van der Waals surface area contributed by atoms with Crippen LogP contribution in [-0.4, -0.2) is 18.2 Å². The van der Waals surface area contributed by atoms with Crippen molar-refractivity contribution in [2.75, 3.05) is 7.11 Å². The molecule has 32 heavy (non-hydrogen) atoms. The Morgan fingerprint density at radius 2 is 1.59 bits per heavy atom. The van der Waals surface area contributed by atoms with Crippen LogP contribution < -0.4 is 9.47 Å². The van der Waals surface area contributed by atoms with Crippen molar-refractivity contribution in [1.82, 2.24) is 0 Å². The Bertz CT molecular complexity index is 1260. The van der Waals surface area contributed by atoms with Crippen LogP contribution in [0.2, 0.25) is 0 Å². The van der Waals surface area contributed by atoms with Gasteiger partial charge in [0.15, 0.2) is 11.6 Å². The first kappa shape index (κ1) is 21.3. The van der Waals surface area contributed by atoms with Gasteiger partial charge in [-0.05, 0) is 82.8 Å². The van der Waals surface area contributed by atoms with Gasteiger partial charge < -0.3 is 14.6 Å². The van der Waals surface area contributed by atoms with Gasteiger partial charge in [-0.15, -0.1) is 0 Å². The van der Waals surface area contributed by atoms with Crippen LogP contribution >= 0.6 is 0 Å². The van der Waals surface area contributed by atoms with Gasteiger partial charge in [0.25, 0.3) is 0 Å². The lowest BCUT2D eigenvalue weighted by Crippen LogP contribution is -1.97. The van der Waals surface area contributed by atoms with Gasteiger partial charge in [0.1, 0.15) is 17.2 Å². The Morgan fingerprint density at radius 1 is 0.906 bits per heavy atom. The second kappa shape index (κ2) is 8.67. The van der Waals surface area contributed by atoms with Crippen molar-refractivity contribution >= 4 is 23.2 Å². The molecule has 0 amide bonds. The maximum atomic E-state index is 13.4. The Balaban J connectivity index is 1.65. The quantitative estimate of drug-likeness (QED) is 0.477. The Morgan fingerprint density at radius 3 is 2.25 bits per heavy atom. The summed E-state index contributed by atoms with van der Waals surface area (Å²) in [6, 6.07) is 16.1. The Kier molecular flexibility index (Phi) is 5.77. The van der Waals surface area contributed by atoms with E-state index in [0.717, 1.165) is 45.5 Å². The first-order chi connectivity index (χ1) is 15.4. The van der Waals surface area contributed by atoms with E-state index in [2.05, 4.69) is 0 Å². The van der Waals surface area contributed by atoms with Crippen LogP contribution in [0.25, 0.3) is 17.2 Å². The molecule has 0 unspecified atom stereocenters. The zero-order valence-corrected chi connectivity index (χ0v) is 17.5. The van der Waals surface area contributed by atoms with E-state index in [1.807, 2.05) is 43.3 Å². The van der Waals surface area contributed by atoms with E-state index < -0.39 is 17.6 Å². The molecule has 1 aliphatic carbocycles. The fourth-order valence-electron chi connectivity index (χ4n) is 3.74. The van der Waals surface area contributed by atoms with E-state index in [0.29, 0.717) is 11.5 Å². The third kappa shape index (κ3) is 4.25. The van der Waals surface area contributed by atoms with Crippen LogP contribution in [0.1, 0.15) is 30.0 Å². The monoisotopic (exact) mass is 434 g/mol. The number of carboxylic acids is 1. The molecule has 0 spiro atoms. The number of fused-ring (bicyclic) bond motifs is 1. The minimum Gasteiger partial charge on any atom is -0.497 e. The normalized spacial score (nSPS) is 13.9. The molecule has 0 fully saturated rings. The number of rotatable bonds is 6. The highest BCUT2D eigenvalue weighted by Gasteiger charge is 2.25. The average Bonchev–Trinajstić information content (AvgIpc) is 3.02. The number of hydrogen-bond acceptors (Lipinski definition) is 3. The molecule has 3 aromatic rings. The first-order valence-corrected chi connectivity index (χ1v) is 9.91.